The lowest BCUT2D eigenvalue weighted by Gasteiger charge is -2.25. The number of carboxylic acid groups (broad SMARTS) is 2. The van der Waals surface area contributed by atoms with Gasteiger partial charge in [0.25, 0.3) is 0 Å². The minimum Gasteiger partial charge on any atom is -0.480 e. The van der Waals surface area contributed by atoms with Gasteiger partial charge in [-0.2, -0.15) is 0 Å². The van der Waals surface area contributed by atoms with Crippen LogP contribution in [0.1, 0.15) is 15.9 Å². The molecule has 1 aromatic heterocycles. The van der Waals surface area contributed by atoms with Gasteiger partial charge in [0.05, 0.1) is 5.92 Å². The summed E-state index contributed by atoms with van der Waals surface area (Å²) in [5, 5.41) is 24.3. The number of nitrogens with one attached hydrogen (secondary N) is 2. The highest BCUT2D eigenvalue weighted by Crippen LogP contribution is 2.20. The Hall–Kier alpha value is -4.18. The van der Waals surface area contributed by atoms with Crippen molar-refractivity contribution >= 4 is 40.4 Å². The van der Waals surface area contributed by atoms with Crippen molar-refractivity contribution in [3.63, 3.8) is 0 Å². The van der Waals surface area contributed by atoms with E-state index in [4.69, 9.17) is 0 Å². The second-order valence-electron chi connectivity index (χ2n) is 7.88. The van der Waals surface area contributed by atoms with Crippen molar-refractivity contribution in [2.24, 2.45) is 5.92 Å². The van der Waals surface area contributed by atoms with Crippen LogP contribution in [0.4, 0.5) is 5.69 Å². The van der Waals surface area contributed by atoms with E-state index >= 15 is 0 Å². The van der Waals surface area contributed by atoms with Crippen molar-refractivity contribution in [1.82, 2.24) is 10.3 Å². The standard InChI is InChI=1S/C26H25N3O6S/c30-23(29-22(25(33)34)21(24(31)32)28-20-11-5-2-6-12-20)19(14-17-8-3-1-4-9-17)16-36-26(35)18-10-7-13-27-15-18/h1-13,15,19,21-22,28H,14,16H2,(H,29,30)(H,31,32)(H,33,34)/t19?,21?,22-/m0/s1. The van der Waals surface area contributed by atoms with Crippen LogP contribution in [0.15, 0.2) is 85.2 Å². The number of aromatic nitrogens is 1. The van der Waals surface area contributed by atoms with Crippen molar-refractivity contribution < 1.29 is 29.4 Å². The SMILES string of the molecule is O=C(SCC(Cc1ccccc1)C(=O)N[C@H](C(=O)O)C(Nc1ccccc1)C(=O)O)c1cccnc1. The van der Waals surface area contributed by atoms with Crippen LogP contribution < -0.4 is 10.6 Å². The molecule has 3 rings (SSSR count). The molecule has 10 heteroatoms. The molecule has 0 aliphatic heterocycles. The van der Waals surface area contributed by atoms with Gasteiger partial charge in [0.1, 0.15) is 0 Å². The Bertz CT molecular complexity index is 1180. The van der Waals surface area contributed by atoms with Gasteiger partial charge in [-0.05, 0) is 36.2 Å². The Morgan fingerprint density at radius 1 is 0.833 bits per heavy atom. The molecule has 36 heavy (non-hydrogen) atoms. The molecule has 3 atom stereocenters. The largest absolute Gasteiger partial charge is 0.480 e. The van der Waals surface area contributed by atoms with Crippen LogP contribution in [-0.4, -0.2) is 56.0 Å². The lowest BCUT2D eigenvalue weighted by molar-refractivity contribution is -0.148. The smallest absolute Gasteiger partial charge is 0.329 e. The highest BCUT2D eigenvalue weighted by molar-refractivity contribution is 8.14. The summed E-state index contributed by atoms with van der Waals surface area (Å²) in [5.74, 6) is -4.35. The Morgan fingerprint density at radius 2 is 1.47 bits per heavy atom. The van der Waals surface area contributed by atoms with E-state index in [1.165, 1.54) is 6.20 Å². The maximum absolute atomic E-state index is 13.3. The number of pyridine rings is 1. The summed E-state index contributed by atoms with van der Waals surface area (Å²) in [6.07, 6.45) is 3.20. The fourth-order valence-corrected chi connectivity index (χ4v) is 4.34. The summed E-state index contributed by atoms with van der Waals surface area (Å²) in [7, 11) is 0. The third-order valence-corrected chi connectivity index (χ3v) is 6.33. The average molecular weight is 508 g/mol. The molecule has 0 radical (unpaired) electrons. The first-order chi connectivity index (χ1) is 17.3. The number of thioether (sulfide) groups is 1. The highest BCUT2D eigenvalue weighted by Gasteiger charge is 2.37. The van der Waals surface area contributed by atoms with E-state index in [1.807, 2.05) is 30.3 Å². The Kier molecular flexibility index (Phi) is 9.58. The topological polar surface area (TPSA) is 146 Å². The Morgan fingerprint density at radius 3 is 2.06 bits per heavy atom. The maximum atomic E-state index is 13.3. The van der Waals surface area contributed by atoms with E-state index in [-0.39, 0.29) is 17.3 Å². The van der Waals surface area contributed by atoms with E-state index in [1.54, 1.807) is 48.7 Å². The third kappa shape index (κ3) is 7.67. The number of carboxylic acids is 2. The molecule has 3 aromatic rings. The molecule has 0 aliphatic carbocycles. The molecule has 0 spiro atoms. The molecule has 1 heterocycles. The van der Waals surface area contributed by atoms with Crippen LogP contribution in [0.25, 0.3) is 0 Å². The number of carbonyl (C=O) groups is 4. The molecular weight excluding hydrogens is 482 g/mol. The molecule has 0 aliphatic rings. The molecule has 9 nitrogen and oxygen atoms in total. The fraction of sp³-hybridized carbons (Fsp3) is 0.192. The molecule has 186 valence electrons. The maximum Gasteiger partial charge on any atom is 0.329 e. The van der Waals surface area contributed by atoms with Gasteiger partial charge in [-0.3, -0.25) is 14.6 Å². The van der Waals surface area contributed by atoms with E-state index in [2.05, 4.69) is 15.6 Å². The van der Waals surface area contributed by atoms with Crippen LogP contribution in [0, 0.1) is 5.92 Å². The summed E-state index contributed by atoms with van der Waals surface area (Å²) in [6.45, 7) is 0. The first-order valence-electron chi connectivity index (χ1n) is 11.0. The first-order valence-corrected chi connectivity index (χ1v) is 12.0. The number of rotatable bonds is 12. The summed E-state index contributed by atoms with van der Waals surface area (Å²) < 4.78 is 0. The number of para-hydroxylation sites is 1. The van der Waals surface area contributed by atoms with Gasteiger partial charge in [0.2, 0.25) is 11.0 Å². The molecule has 2 aromatic carbocycles. The van der Waals surface area contributed by atoms with Gasteiger partial charge >= 0.3 is 11.9 Å². The Labute approximate surface area is 212 Å². The van der Waals surface area contributed by atoms with E-state index < -0.39 is 35.8 Å². The second kappa shape index (κ2) is 13.1. The average Bonchev–Trinajstić information content (AvgIpc) is 2.89. The Balaban J connectivity index is 1.78. The first kappa shape index (κ1) is 26.4. The monoisotopic (exact) mass is 507 g/mol. The van der Waals surface area contributed by atoms with Gasteiger partial charge in [-0.1, -0.05) is 60.3 Å². The predicted octanol–water partition coefficient (Wildman–Crippen LogP) is 2.95. The number of aliphatic carboxylic acids is 2. The third-order valence-electron chi connectivity index (χ3n) is 5.27. The molecule has 0 saturated heterocycles. The number of hydrogen-bond donors (Lipinski definition) is 4. The number of hydrogen-bond acceptors (Lipinski definition) is 7. The molecule has 4 N–H and O–H groups in total. The second-order valence-corrected chi connectivity index (χ2v) is 8.87. The molecule has 0 saturated carbocycles. The van der Waals surface area contributed by atoms with Crippen molar-refractivity contribution in [1.29, 1.82) is 0 Å². The van der Waals surface area contributed by atoms with Gasteiger partial charge < -0.3 is 20.8 Å². The predicted molar refractivity (Wildman–Crippen MR) is 136 cm³/mol. The van der Waals surface area contributed by atoms with Crippen LogP contribution in [0.5, 0.6) is 0 Å². The summed E-state index contributed by atoms with van der Waals surface area (Å²) in [4.78, 5) is 53.7. The lowest BCUT2D eigenvalue weighted by atomic mass is 9.99. The molecule has 2 unspecified atom stereocenters. The van der Waals surface area contributed by atoms with E-state index in [0.717, 1.165) is 17.3 Å². The van der Waals surface area contributed by atoms with E-state index in [9.17, 15) is 29.4 Å². The molecular formula is C26H25N3O6S. The van der Waals surface area contributed by atoms with Crippen molar-refractivity contribution in [2.75, 3.05) is 11.1 Å². The number of benzene rings is 2. The van der Waals surface area contributed by atoms with Gasteiger partial charge in [-0.25, -0.2) is 9.59 Å². The van der Waals surface area contributed by atoms with Crippen LogP contribution in [-0.2, 0) is 20.8 Å². The van der Waals surface area contributed by atoms with Gasteiger partial charge in [-0.15, -0.1) is 0 Å². The van der Waals surface area contributed by atoms with E-state index in [0.29, 0.717) is 11.3 Å². The number of anilines is 1. The zero-order valence-corrected chi connectivity index (χ0v) is 19.9. The summed E-state index contributed by atoms with van der Waals surface area (Å²) >= 11 is 0.919. The molecule has 0 bridgehead atoms. The number of carbonyl (C=O) groups excluding carboxylic acids is 2. The lowest BCUT2D eigenvalue weighted by Crippen LogP contribution is -2.56. The van der Waals surface area contributed by atoms with Crippen LogP contribution >= 0.6 is 11.8 Å². The minimum absolute atomic E-state index is 0.0602. The van der Waals surface area contributed by atoms with Gasteiger partial charge in [0.15, 0.2) is 12.1 Å². The highest BCUT2D eigenvalue weighted by atomic mass is 32.2. The number of nitrogens with zero attached hydrogens (tertiary/aromatic N) is 1. The minimum atomic E-state index is -1.76. The van der Waals surface area contributed by atoms with Crippen molar-refractivity contribution in [3.8, 4) is 0 Å². The zero-order chi connectivity index (χ0) is 25.9. The normalized spacial score (nSPS) is 13.1. The quantitative estimate of drug-likeness (QED) is 0.291. The summed E-state index contributed by atoms with van der Waals surface area (Å²) in [5.41, 5.74) is 1.59. The summed E-state index contributed by atoms with van der Waals surface area (Å²) in [6, 6.07) is 17.2. The number of amides is 1. The van der Waals surface area contributed by atoms with Crippen molar-refractivity contribution in [3.05, 3.63) is 96.3 Å². The van der Waals surface area contributed by atoms with Crippen LogP contribution in [0.2, 0.25) is 0 Å². The van der Waals surface area contributed by atoms with Crippen molar-refractivity contribution in [2.45, 2.75) is 18.5 Å². The van der Waals surface area contributed by atoms with Gasteiger partial charge in [0, 0.05) is 29.4 Å². The van der Waals surface area contributed by atoms with Crippen LogP contribution in [0.3, 0.4) is 0 Å². The zero-order valence-electron chi connectivity index (χ0n) is 19.1. The molecule has 0 fully saturated rings. The molecule has 1 amide bonds. The fourth-order valence-electron chi connectivity index (χ4n) is 3.43.